The lowest BCUT2D eigenvalue weighted by molar-refractivity contribution is -0.123. The van der Waals surface area contributed by atoms with Gasteiger partial charge in [0.05, 0.1) is 18.8 Å². The second-order valence-electron chi connectivity index (χ2n) is 13.7. The number of carbonyl (C=O) groups excluding carboxylic acids is 1. The average molecular weight is 658 g/mol. The Bertz CT molecular complexity index is 756. The summed E-state index contributed by atoms with van der Waals surface area (Å²) in [4.78, 5) is 12.3. The van der Waals surface area contributed by atoms with E-state index in [1.54, 1.807) is 6.08 Å². The molecule has 0 saturated carbocycles. The first-order chi connectivity index (χ1) is 23.2. The molecule has 0 aliphatic rings. The molecule has 0 saturated heterocycles. The minimum absolute atomic E-state index is 0.0835. The maximum Gasteiger partial charge on any atom is 0.220 e. The molecule has 3 N–H and O–H groups in total. The van der Waals surface area contributed by atoms with Gasteiger partial charge in [0, 0.05) is 6.42 Å². The van der Waals surface area contributed by atoms with Gasteiger partial charge in [0.15, 0.2) is 0 Å². The SMILES string of the molecule is CCCCC/C=C\C/C=C\CCCCCCCCCC(=O)NC(CO)C(O)/C=C/CC/C=C/CCCCCCCCCCCCCC. The molecule has 0 bridgehead atoms. The number of carbonyl (C=O) groups is 1. The summed E-state index contributed by atoms with van der Waals surface area (Å²) in [6, 6.07) is -0.643. The molecule has 0 aromatic carbocycles. The van der Waals surface area contributed by atoms with Crippen molar-refractivity contribution in [2.45, 2.75) is 212 Å². The van der Waals surface area contributed by atoms with Crippen LogP contribution in [-0.4, -0.2) is 34.9 Å². The third-order valence-electron chi connectivity index (χ3n) is 9.03. The minimum atomic E-state index is -0.865. The van der Waals surface area contributed by atoms with Gasteiger partial charge in [-0.05, 0) is 64.2 Å². The van der Waals surface area contributed by atoms with Gasteiger partial charge >= 0.3 is 0 Å². The van der Waals surface area contributed by atoms with Gasteiger partial charge in [-0.25, -0.2) is 0 Å². The van der Waals surface area contributed by atoms with Crippen LogP contribution in [0.25, 0.3) is 0 Å². The summed E-state index contributed by atoms with van der Waals surface area (Å²) in [5, 5.41) is 22.9. The first-order valence-electron chi connectivity index (χ1n) is 20.4. The van der Waals surface area contributed by atoms with Crippen molar-refractivity contribution in [3.05, 3.63) is 48.6 Å². The standard InChI is InChI=1S/C43H79NO3/c1-3-5-7-9-11-13-15-17-19-21-23-24-26-28-30-32-34-36-38-42(46)41(40-45)44-43(47)39-37-35-33-31-29-27-25-22-20-18-16-14-12-10-8-6-4-2/h12,14,18,20,28,30,36,38,41-42,45-46H,3-11,13,15-17,19,21-27,29,31-35,37,39-40H2,1-2H3,(H,44,47)/b14-12-,20-18-,30-28+,38-36+. The van der Waals surface area contributed by atoms with Crippen molar-refractivity contribution in [2.75, 3.05) is 6.61 Å². The number of aliphatic hydroxyl groups excluding tert-OH is 2. The summed E-state index contributed by atoms with van der Waals surface area (Å²) in [5.74, 6) is -0.0835. The van der Waals surface area contributed by atoms with Gasteiger partial charge < -0.3 is 15.5 Å². The molecule has 0 radical (unpaired) electrons. The van der Waals surface area contributed by atoms with Crippen LogP contribution < -0.4 is 5.32 Å². The highest BCUT2D eigenvalue weighted by atomic mass is 16.3. The molecule has 2 unspecified atom stereocenters. The molecular formula is C43H79NO3. The largest absolute Gasteiger partial charge is 0.394 e. The fraction of sp³-hybridized carbons (Fsp3) is 0.791. The predicted molar refractivity (Wildman–Crippen MR) is 207 cm³/mol. The molecule has 47 heavy (non-hydrogen) atoms. The van der Waals surface area contributed by atoms with E-state index in [0.29, 0.717) is 6.42 Å². The van der Waals surface area contributed by atoms with E-state index in [-0.39, 0.29) is 12.5 Å². The molecule has 1 amide bonds. The Morgan fingerprint density at radius 2 is 0.894 bits per heavy atom. The fourth-order valence-corrected chi connectivity index (χ4v) is 5.87. The van der Waals surface area contributed by atoms with E-state index in [1.807, 2.05) is 6.08 Å². The maximum absolute atomic E-state index is 12.3. The molecule has 0 aromatic rings. The van der Waals surface area contributed by atoms with E-state index in [2.05, 4.69) is 55.6 Å². The zero-order valence-electron chi connectivity index (χ0n) is 31.3. The topological polar surface area (TPSA) is 69.6 Å². The Morgan fingerprint density at radius 3 is 1.40 bits per heavy atom. The van der Waals surface area contributed by atoms with E-state index in [1.165, 1.54) is 135 Å². The Hall–Kier alpha value is -1.65. The van der Waals surface area contributed by atoms with E-state index < -0.39 is 12.1 Å². The zero-order valence-corrected chi connectivity index (χ0v) is 31.3. The molecule has 2 atom stereocenters. The number of hydrogen-bond acceptors (Lipinski definition) is 3. The van der Waals surface area contributed by atoms with E-state index in [4.69, 9.17) is 0 Å². The van der Waals surface area contributed by atoms with Gasteiger partial charge in [-0.3, -0.25) is 4.79 Å². The van der Waals surface area contributed by atoms with Gasteiger partial charge in [0.1, 0.15) is 0 Å². The van der Waals surface area contributed by atoms with Crippen LogP contribution in [0.3, 0.4) is 0 Å². The second kappa shape index (κ2) is 38.8. The number of nitrogens with one attached hydrogen (secondary N) is 1. The second-order valence-corrected chi connectivity index (χ2v) is 13.7. The lowest BCUT2D eigenvalue weighted by Crippen LogP contribution is -2.45. The van der Waals surface area contributed by atoms with Crippen molar-refractivity contribution in [3.8, 4) is 0 Å². The van der Waals surface area contributed by atoms with Crippen LogP contribution in [0.2, 0.25) is 0 Å². The molecule has 0 heterocycles. The van der Waals surface area contributed by atoms with Crippen molar-refractivity contribution < 1.29 is 15.0 Å². The Balaban J connectivity index is 3.66. The zero-order chi connectivity index (χ0) is 34.3. The molecule has 0 aliphatic carbocycles. The molecular weight excluding hydrogens is 578 g/mol. The van der Waals surface area contributed by atoms with Crippen LogP contribution in [0.1, 0.15) is 200 Å². The summed E-state index contributed by atoms with van der Waals surface area (Å²) < 4.78 is 0. The van der Waals surface area contributed by atoms with Gasteiger partial charge in [-0.15, -0.1) is 0 Å². The van der Waals surface area contributed by atoms with Crippen LogP contribution in [-0.2, 0) is 4.79 Å². The quantitative estimate of drug-likeness (QED) is 0.0464. The van der Waals surface area contributed by atoms with Crippen molar-refractivity contribution >= 4 is 5.91 Å². The summed E-state index contributed by atoms with van der Waals surface area (Å²) in [7, 11) is 0. The van der Waals surface area contributed by atoms with Crippen molar-refractivity contribution in [1.29, 1.82) is 0 Å². The van der Waals surface area contributed by atoms with Gasteiger partial charge in [0.2, 0.25) is 5.91 Å². The third-order valence-corrected chi connectivity index (χ3v) is 9.03. The lowest BCUT2D eigenvalue weighted by Gasteiger charge is -2.19. The molecule has 0 fully saturated rings. The van der Waals surface area contributed by atoms with Crippen LogP contribution in [0.15, 0.2) is 48.6 Å². The number of hydrogen-bond donors (Lipinski definition) is 3. The Kier molecular flexibility index (Phi) is 37.4. The summed E-state index contributed by atoms with van der Waals surface area (Å²) in [6.07, 6.45) is 52.0. The smallest absolute Gasteiger partial charge is 0.220 e. The molecule has 274 valence electrons. The fourth-order valence-electron chi connectivity index (χ4n) is 5.87. The Morgan fingerprint density at radius 1 is 0.511 bits per heavy atom. The summed E-state index contributed by atoms with van der Waals surface area (Å²) in [6.45, 7) is 4.26. The minimum Gasteiger partial charge on any atom is -0.394 e. The van der Waals surface area contributed by atoms with E-state index in [9.17, 15) is 15.0 Å². The first-order valence-corrected chi connectivity index (χ1v) is 20.4. The first kappa shape index (κ1) is 45.3. The lowest BCUT2D eigenvalue weighted by atomic mass is 10.0. The molecule has 0 aromatic heterocycles. The Labute approximate surface area is 293 Å². The summed E-state index contributed by atoms with van der Waals surface area (Å²) >= 11 is 0. The van der Waals surface area contributed by atoms with Crippen LogP contribution in [0.5, 0.6) is 0 Å². The molecule has 4 nitrogen and oxygen atoms in total. The molecule has 0 rings (SSSR count). The highest BCUT2D eigenvalue weighted by molar-refractivity contribution is 5.76. The maximum atomic E-state index is 12.3. The molecule has 4 heteroatoms. The average Bonchev–Trinajstić information content (AvgIpc) is 3.07. The van der Waals surface area contributed by atoms with E-state index >= 15 is 0 Å². The monoisotopic (exact) mass is 658 g/mol. The highest BCUT2D eigenvalue weighted by Gasteiger charge is 2.17. The van der Waals surface area contributed by atoms with Crippen molar-refractivity contribution in [3.63, 3.8) is 0 Å². The number of amides is 1. The highest BCUT2D eigenvalue weighted by Crippen LogP contribution is 2.13. The van der Waals surface area contributed by atoms with Gasteiger partial charge in [0.25, 0.3) is 0 Å². The number of allylic oxidation sites excluding steroid dienone is 7. The normalized spacial score (nSPS) is 13.5. The van der Waals surface area contributed by atoms with Crippen molar-refractivity contribution in [2.24, 2.45) is 0 Å². The number of aliphatic hydroxyl groups is 2. The van der Waals surface area contributed by atoms with Crippen molar-refractivity contribution in [1.82, 2.24) is 5.32 Å². The predicted octanol–water partition coefficient (Wildman–Crippen LogP) is 12.4. The van der Waals surface area contributed by atoms with E-state index in [0.717, 1.165) is 44.9 Å². The number of unbranched alkanes of at least 4 members (excludes halogenated alkanes) is 23. The molecule has 0 spiro atoms. The summed E-state index contributed by atoms with van der Waals surface area (Å²) in [5.41, 5.74) is 0. The van der Waals surface area contributed by atoms with Crippen LogP contribution in [0.4, 0.5) is 0 Å². The number of rotatable bonds is 36. The molecule has 0 aliphatic heterocycles. The van der Waals surface area contributed by atoms with Gasteiger partial charge in [-0.2, -0.15) is 0 Å². The van der Waals surface area contributed by atoms with Gasteiger partial charge in [-0.1, -0.05) is 178 Å². The third kappa shape index (κ3) is 35.5. The van der Waals surface area contributed by atoms with Crippen LogP contribution in [0, 0.1) is 0 Å². The van der Waals surface area contributed by atoms with Crippen LogP contribution >= 0.6 is 0 Å².